The van der Waals surface area contributed by atoms with Gasteiger partial charge in [0, 0.05) is 30.6 Å². The van der Waals surface area contributed by atoms with Crippen molar-refractivity contribution in [3.05, 3.63) is 34.9 Å². The first kappa shape index (κ1) is 17.0. The molecule has 0 saturated heterocycles. The Morgan fingerprint density at radius 3 is 2.24 bits per heavy atom. The van der Waals surface area contributed by atoms with E-state index in [-0.39, 0.29) is 24.3 Å². The summed E-state index contributed by atoms with van der Waals surface area (Å²) in [6.07, 6.45) is 0. The zero-order valence-electron chi connectivity index (χ0n) is 11.9. The van der Waals surface area contributed by atoms with Gasteiger partial charge in [-0.25, -0.2) is 0 Å². The third-order valence-corrected chi connectivity index (χ3v) is 2.88. The fourth-order valence-electron chi connectivity index (χ4n) is 1.59. The van der Waals surface area contributed by atoms with E-state index < -0.39 is 6.04 Å². The summed E-state index contributed by atoms with van der Waals surface area (Å²) in [5.74, 6) is -0.810. The second kappa shape index (κ2) is 8.26. The van der Waals surface area contributed by atoms with E-state index in [0.717, 1.165) is 0 Å². The van der Waals surface area contributed by atoms with Gasteiger partial charge in [0.05, 0.1) is 0 Å². The van der Waals surface area contributed by atoms with E-state index in [1.807, 2.05) is 0 Å². The minimum atomic E-state index is -0.602. The molecule has 0 fully saturated rings. The van der Waals surface area contributed by atoms with E-state index in [0.29, 0.717) is 17.1 Å². The van der Waals surface area contributed by atoms with Gasteiger partial charge in [-0.1, -0.05) is 11.6 Å². The van der Waals surface area contributed by atoms with E-state index in [2.05, 4.69) is 16.0 Å². The Morgan fingerprint density at radius 2 is 1.67 bits per heavy atom. The number of hydrogen-bond donors (Lipinski definition) is 3. The molecule has 0 aliphatic rings. The number of carbonyl (C=O) groups is 3. The van der Waals surface area contributed by atoms with Crippen molar-refractivity contribution in [3.8, 4) is 0 Å². The van der Waals surface area contributed by atoms with Crippen LogP contribution in [0.1, 0.15) is 24.2 Å². The molecule has 0 heterocycles. The maximum Gasteiger partial charge on any atom is 0.251 e. The summed E-state index contributed by atoms with van der Waals surface area (Å²) in [5, 5.41) is 8.32. The molecule has 1 rings (SSSR count). The molecule has 6 nitrogen and oxygen atoms in total. The number of amides is 3. The summed E-state index contributed by atoms with van der Waals surface area (Å²) in [5.41, 5.74) is 0.498. The van der Waals surface area contributed by atoms with Crippen LogP contribution in [0.15, 0.2) is 24.3 Å². The molecule has 3 N–H and O–H groups in total. The van der Waals surface area contributed by atoms with Gasteiger partial charge in [0.15, 0.2) is 0 Å². The highest BCUT2D eigenvalue weighted by Gasteiger charge is 2.12. The lowest BCUT2D eigenvalue weighted by Gasteiger charge is -2.13. The maximum absolute atomic E-state index is 11.8. The standard InChI is InChI=1S/C14H18ClN3O3/c1-9(18-10(2)19)13(20)16-7-8-17-14(21)11-3-5-12(15)6-4-11/h3-6,9H,7-8H2,1-2H3,(H,16,20)(H,17,21)(H,18,19). The van der Waals surface area contributed by atoms with Crippen LogP contribution in [0.4, 0.5) is 0 Å². The molecule has 0 aliphatic heterocycles. The summed E-state index contributed by atoms with van der Waals surface area (Å²) in [7, 11) is 0. The van der Waals surface area contributed by atoms with Crippen LogP contribution in [0.3, 0.4) is 0 Å². The van der Waals surface area contributed by atoms with Crippen LogP contribution < -0.4 is 16.0 Å². The topological polar surface area (TPSA) is 87.3 Å². The number of benzene rings is 1. The molecule has 7 heteroatoms. The summed E-state index contributed by atoms with van der Waals surface area (Å²) in [6.45, 7) is 3.50. The third-order valence-electron chi connectivity index (χ3n) is 2.63. The average Bonchev–Trinajstić information content (AvgIpc) is 2.43. The SMILES string of the molecule is CC(=O)NC(C)C(=O)NCCNC(=O)c1ccc(Cl)cc1. The Morgan fingerprint density at radius 1 is 1.10 bits per heavy atom. The molecule has 1 aromatic carbocycles. The lowest BCUT2D eigenvalue weighted by atomic mass is 10.2. The first-order valence-electron chi connectivity index (χ1n) is 6.48. The molecule has 0 aromatic heterocycles. The smallest absolute Gasteiger partial charge is 0.251 e. The second-order valence-corrected chi connectivity index (χ2v) is 4.91. The van der Waals surface area contributed by atoms with Crippen LogP contribution in [0.2, 0.25) is 5.02 Å². The van der Waals surface area contributed by atoms with E-state index in [1.54, 1.807) is 31.2 Å². The van der Waals surface area contributed by atoms with Gasteiger partial charge in [0.1, 0.15) is 6.04 Å². The first-order valence-corrected chi connectivity index (χ1v) is 6.86. The molecule has 0 spiro atoms. The third kappa shape index (κ3) is 6.27. The first-order chi connectivity index (χ1) is 9.90. The molecule has 3 amide bonds. The highest BCUT2D eigenvalue weighted by atomic mass is 35.5. The quantitative estimate of drug-likeness (QED) is 0.676. The van der Waals surface area contributed by atoms with Gasteiger partial charge in [-0.2, -0.15) is 0 Å². The molecule has 1 atom stereocenters. The highest BCUT2D eigenvalue weighted by Crippen LogP contribution is 2.08. The molecule has 1 aromatic rings. The van der Waals surface area contributed by atoms with E-state index in [1.165, 1.54) is 6.92 Å². The van der Waals surface area contributed by atoms with Crippen LogP contribution >= 0.6 is 11.6 Å². The van der Waals surface area contributed by atoms with E-state index >= 15 is 0 Å². The molecule has 0 saturated carbocycles. The van der Waals surface area contributed by atoms with Gasteiger partial charge in [-0.05, 0) is 31.2 Å². The second-order valence-electron chi connectivity index (χ2n) is 4.48. The number of carbonyl (C=O) groups excluding carboxylic acids is 3. The fraction of sp³-hybridized carbons (Fsp3) is 0.357. The van der Waals surface area contributed by atoms with Crippen molar-refractivity contribution < 1.29 is 14.4 Å². The fourth-order valence-corrected chi connectivity index (χ4v) is 1.71. The molecule has 0 aliphatic carbocycles. The zero-order valence-corrected chi connectivity index (χ0v) is 12.7. The highest BCUT2D eigenvalue weighted by molar-refractivity contribution is 6.30. The molecular formula is C14H18ClN3O3. The van der Waals surface area contributed by atoms with Crippen molar-refractivity contribution in [2.45, 2.75) is 19.9 Å². The summed E-state index contributed by atoms with van der Waals surface area (Å²) < 4.78 is 0. The van der Waals surface area contributed by atoms with E-state index in [4.69, 9.17) is 11.6 Å². The number of halogens is 1. The lowest BCUT2D eigenvalue weighted by Crippen LogP contribution is -2.46. The van der Waals surface area contributed by atoms with Gasteiger partial charge in [0.2, 0.25) is 11.8 Å². The summed E-state index contributed by atoms with van der Waals surface area (Å²) in [6, 6.07) is 5.90. The zero-order chi connectivity index (χ0) is 15.8. The van der Waals surface area contributed by atoms with Crippen molar-refractivity contribution in [1.29, 1.82) is 0 Å². The van der Waals surface area contributed by atoms with Crippen LogP contribution in [-0.4, -0.2) is 36.9 Å². The monoisotopic (exact) mass is 311 g/mol. The molecule has 1 unspecified atom stereocenters. The Kier molecular flexibility index (Phi) is 6.68. The van der Waals surface area contributed by atoms with Gasteiger partial charge < -0.3 is 16.0 Å². The van der Waals surface area contributed by atoms with Crippen LogP contribution in [0, 0.1) is 0 Å². The Bertz CT molecular complexity index is 517. The summed E-state index contributed by atoms with van der Waals surface area (Å²) in [4.78, 5) is 34.1. The molecule has 0 radical (unpaired) electrons. The lowest BCUT2D eigenvalue weighted by molar-refractivity contribution is -0.127. The average molecular weight is 312 g/mol. The number of nitrogens with one attached hydrogen (secondary N) is 3. The molecular weight excluding hydrogens is 294 g/mol. The molecule has 21 heavy (non-hydrogen) atoms. The molecule has 0 bridgehead atoms. The van der Waals surface area contributed by atoms with Crippen LogP contribution in [0.25, 0.3) is 0 Å². The van der Waals surface area contributed by atoms with Gasteiger partial charge in [-0.3, -0.25) is 14.4 Å². The predicted octanol–water partition coefficient (Wildman–Crippen LogP) is 0.711. The predicted molar refractivity (Wildman–Crippen MR) is 80.1 cm³/mol. The normalized spacial score (nSPS) is 11.4. The van der Waals surface area contributed by atoms with Crippen molar-refractivity contribution in [3.63, 3.8) is 0 Å². The van der Waals surface area contributed by atoms with Gasteiger partial charge >= 0.3 is 0 Å². The van der Waals surface area contributed by atoms with Gasteiger partial charge in [-0.15, -0.1) is 0 Å². The van der Waals surface area contributed by atoms with Crippen molar-refractivity contribution in [2.75, 3.05) is 13.1 Å². The van der Waals surface area contributed by atoms with Crippen LogP contribution in [0.5, 0.6) is 0 Å². The Balaban J connectivity index is 2.27. The minimum absolute atomic E-state index is 0.240. The van der Waals surface area contributed by atoms with Gasteiger partial charge in [0.25, 0.3) is 5.91 Å². The van der Waals surface area contributed by atoms with E-state index in [9.17, 15) is 14.4 Å². The largest absolute Gasteiger partial charge is 0.353 e. The Hall–Kier alpha value is -2.08. The van der Waals surface area contributed by atoms with Crippen molar-refractivity contribution in [1.82, 2.24) is 16.0 Å². The maximum atomic E-state index is 11.8. The number of hydrogen-bond acceptors (Lipinski definition) is 3. The summed E-state index contributed by atoms with van der Waals surface area (Å²) >= 11 is 5.73. The molecule has 114 valence electrons. The van der Waals surface area contributed by atoms with Crippen LogP contribution in [-0.2, 0) is 9.59 Å². The minimum Gasteiger partial charge on any atom is -0.353 e. The van der Waals surface area contributed by atoms with Crippen molar-refractivity contribution in [2.24, 2.45) is 0 Å². The van der Waals surface area contributed by atoms with Crippen molar-refractivity contribution >= 4 is 29.3 Å². The Labute approximate surface area is 128 Å². The number of rotatable bonds is 6.